The van der Waals surface area contributed by atoms with Gasteiger partial charge in [-0.2, -0.15) is 0 Å². The standard InChI is InChI=1S/4C10H20O3.Ti/c4*1-2-3-4-5-6-7-8-13-9-10(11)12;/h4*2-9H2,1H3,(H,11,12);/q;;;;+4/p-4. The maximum absolute atomic E-state index is 9.94. The molecule has 0 fully saturated rings. The van der Waals surface area contributed by atoms with Gasteiger partial charge in [0.15, 0.2) is 0 Å². The quantitative estimate of drug-likeness (QED) is 0.0639. The second kappa shape index (κ2) is 57.2. The summed E-state index contributed by atoms with van der Waals surface area (Å²) in [6.07, 6.45) is 28.5. The minimum absolute atomic E-state index is 0. The summed E-state index contributed by atoms with van der Waals surface area (Å²) in [5, 5.41) is 39.7. The van der Waals surface area contributed by atoms with Gasteiger partial charge in [-0.25, -0.2) is 0 Å². The third-order valence-corrected chi connectivity index (χ3v) is 7.45. The Labute approximate surface area is 337 Å². The molecule has 0 saturated heterocycles. The topological polar surface area (TPSA) is 197 Å². The van der Waals surface area contributed by atoms with Gasteiger partial charge in [0, 0.05) is 26.4 Å². The molecule has 0 aromatic heterocycles. The van der Waals surface area contributed by atoms with Crippen LogP contribution in [0.5, 0.6) is 0 Å². The Hall–Kier alpha value is -1.57. The van der Waals surface area contributed by atoms with Crippen LogP contribution in [-0.2, 0) is 59.8 Å². The number of ether oxygens (including phenoxy) is 4. The minimum Gasteiger partial charge on any atom is -0.548 e. The van der Waals surface area contributed by atoms with Crippen molar-refractivity contribution in [3.8, 4) is 0 Å². The van der Waals surface area contributed by atoms with Gasteiger partial charge in [-0.3, -0.25) is 0 Å². The average molecular weight is 797 g/mol. The van der Waals surface area contributed by atoms with Gasteiger partial charge in [-0.15, -0.1) is 0 Å². The number of carbonyl (C=O) groups is 4. The molecule has 0 N–H and O–H groups in total. The van der Waals surface area contributed by atoms with Gasteiger partial charge >= 0.3 is 21.7 Å². The summed E-state index contributed by atoms with van der Waals surface area (Å²) in [7, 11) is 0. The van der Waals surface area contributed by atoms with Gasteiger partial charge < -0.3 is 58.6 Å². The Balaban J connectivity index is -0.000000192. The van der Waals surface area contributed by atoms with Crippen molar-refractivity contribution in [1.82, 2.24) is 0 Å². The molecule has 0 aliphatic carbocycles. The van der Waals surface area contributed by atoms with Crippen molar-refractivity contribution in [3.63, 3.8) is 0 Å². The van der Waals surface area contributed by atoms with E-state index in [0.717, 1.165) is 51.4 Å². The van der Waals surface area contributed by atoms with E-state index in [4.69, 9.17) is 18.9 Å². The molecule has 0 unspecified atom stereocenters. The molecule has 0 spiro atoms. The van der Waals surface area contributed by atoms with E-state index >= 15 is 0 Å². The summed E-state index contributed by atoms with van der Waals surface area (Å²) in [5.41, 5.74) is 0. The second-order valence-electron chi connectivity index (χ2n) is 12.8. The van der Waals surface area contributed by atoms with Crippen LogP contribution in [0.4, 0.5) is 0 Å². The van der Waals surface area contributed by atoms with Crippen LogP contribution in [0.25, 0.3) is 0 Å². The van der Waals surface area contributed by atoms with Gasteiger partial charge in [0.1, 0.15) is 0 Å². The van der Waals surface area contributed by atoms with E-state index in [9.17, 15) is 39.6 Å². The number of hydrogen-bond acceptors (Lipinski definition) is 12. The Morgan fingerprint density at radius 2 is 0.453 bits per heavy atom. The van der Waals surface area contributed by atoms with Crippen LogP contribution in [0, 0.1) is 0 Å². The molecule has 13 heteroatoms. The van der Waals surface area contributed by atoms with Crippen molar-refractivity contribution < 1.29 is 80.3 Å². The molecule has 0 saturated carbocycles. The Kier molecular flexibility index (Phi) is 65.4. The first-order valence-electron chi connectivity index (χ1n) is 20.2. The molecule has 0 radical (unpaired) electrons. The zero-order chi connectivity index (χ0) is 39.8. The Morgan fingerprint density at radius 1 is 0.302 bits per heavy atom. The van der Waals surface area contributed by atoms with Crippen molar-refractivity contribution in [3.05, 3.63) is 0 Å². The molecular formula is C40H76O12Ti. The largest absolute Gasteiger partial charge is 4.00 e. The first kappa shape index (κ1) is 60.7. The number of carbonyl (C=O) groups excluding carboxylic acids is 4. The van der Waals surface area contributed by atoms with E-state index in [1.807, 2.05) is 0 Å². The van der Waals surface area contributed by atoms with Crippen LogP contribution in [0.3, 0.4) is 0 Å². The normalized spacial score (nSPS) is 10.0. The summed E-state index contributed by atoms with van der Waals surface area (Å²) in [4.78, 5) is 39.7. The maximum atomic E-state index is 9.94. The van der Waals surface area contributed by atoms with Gasteiger partial charge in [0.25, 0.3) is 0 Å². The zero-order valence-corrected chi connectivity index (χ0v) is 35.6. The van der Waals surface area contributed by atoms with Gasteiger partial charge in [-0.05, 0) is 25.7 Å². The van der Waals surface area contributed by atoms with Crippen LogP contribution >= 0.6 is 0 Å². The molecule has 0 heterocycles. The number of carboxylic acids is 4. The van der Waals surface area contributed by atoms with Crippen molar-refractivity contribution in [2.24, 2.45) is 0 Å². The molecule has 53 heavy (non-hydrogen) atoms. The molecule has 0 rings (SSSR count). The van der Waals surface area contributed by atoms with Gasteiger partial charge in [0.05, 0.1) is 50.3 Å². The van der Waals surface area contributed by atoms with Crippen LogP contribution < -0.4 is 20.4 Å². The average Bonchev–Trinajstić information content (AvgIpc) is 3.10. The van der Waals surface area contributed by atoms with E-state index in [1.54, 1.807) is 0 Å². The second-order valence-corrected chi connectivity index (χ2v) is 12.8. The van der Waals surface area contributed by atoms with E-state index in [-0.39, 0.29) is 48.1 Å². The van der Waals surface area contributed by atoms with E-state index in [0.29, 0.717) is 26.4 Å². The first-order valence-corrected chi connectivity index (χ1v) is 20.2. The van der Waals surface area contributed by atoms with E-state index in [2.05, 4.69) is 27.7 Å². The van der Waals surface area contributed by atoms with Crippen LogP contribution in [0.1, 0.15) is 182 Å². The number of hydrogen-bond donors (Lipinski definition) is 0. The molecule has 0 bridgehead atoms. The van der Waals surface area contributed by atoms with E-state index in [1.165, 1.54) is 103 Å². The number of aliphatic carboxylic acids is 4. The molecular weight excluding hydrogens is 720 g/mol. The van der Waals surface area contributed by atoms with Gasteiger partial charge in [-0.1, -0.05) is 156 Å². The third-order valence-electron chi connectivity index (χ3n) is 7.45. The van der Waals surface area contributed by atoms with Crippen LogP contribution in [0.15, 0.2) is 0 Å². The predicted octanol–water partition coefficient (Wildman–Crippen LogP) is 4.45. The summed E-state index contributed by atoms with van der Waals surface area (Å²) in [6.45, 7) is 9.83. The van der Waals surface area contributed by atoms with Crippen molar-refractivity contribution in [1.29, 1.82) is 0 Å². The van der Waals surface area contributed by atoms with Crippen LogP contribution in [0.2, 0.25) is 0 Å². The molecule has 0 aromatic carbocycles. The SMILES string of the molecule is CCCCCCCCOCC(=O)[O-].CCCCCCCCOCC(=O)[O-].CCCCCCCCOCC(=O)[O-].CCCCCCCCOCC(=O)[O-].[Ti+4]. The minimum atomic E-state index is -1.13. The molecule has 0 amide bonds. The number of unbranched alkanes of at least 4 members (excludes halogenated alkanes) is 20. The van der Waals surface area contributed by atoms with Crippen molar-refractivity contribution in [2.45, 2.75) is 182 Å². The fraction of sp³-hybridized carbons (Fsp3) is 0.900. The fourth-order valence-electron chi connectivity index (χ4n) is 4.56. The summed E-state index contributed by atoms with van der Waals surface area (Å²) in [6, 6.07) is 0. The Bertz CT molecular complexity index is 621. The molecule has 0 aromatic rings. The van der Waals surface area contributed by atoms with Crippen LogP contribution in [-0.4, -0.2) is 76.7 Å². The third kappa shape index (κ3) is 80.1. The fourth-order valence-corrected chi connectivity index (χ4v) is 4.56. The molecule has 312 valence electrons. The van der Waals surface area contributed by atoms with Gasteiger partial charge in [0.2, 0.25) is 0 Å². The first-order chi connectivity index (χ1) is 25.1. The van der Waals surface area contributed by atoms with Crippen molar-refractivity contribution in [2.75, 3.05) is 52.9 Å². The summed E-state index contributed by atoms with van der Waals surface area (Å²) >= 11 is 0. The van der Waals surface area contributed by atoms with E-state index < -0.39 is 23.9 Å². The smallest absolute Gasteiger partial charge is 0.548 e. The van der Waals surface area contributed by atoms with Crippen molar-refractivity contribution >= 4 is 23.9 Å². The number of rotatable bonds is 36. The molecule has 0 atom stereocenters. The summed E-state index contributed by atoms with van der Waals surface area (Å²) in [5.74, 6) is -4.53. The zero-order valence-electron chi connectivity index (χ0n) is 34.0. The monoisotopic (exact) mass is 796 g/mol. The predicted molar refractivity (Wildman–Crippen MR) is 197 cm³/mol. The Morgan fingerprint density at radius 3 is 0.604 bits per heavy atom. The molecule has 0 aliphatic rings. The number of carboxylic acid groups (broad SMARTS) is 4. The molecule has 0 aliphatic heterocycles. The maximum Gasteiger partial charge on any atom is 4.00 e. The molecule has 12 nitrogen and oxygen atoms in total. The summed E-state index contributed by atoms with van der Waals surface area (Å²) < 4.78 is 19.4.